The highest BCUT2D eigenvalue weighted by atomic mass is 16.4. The van der Waals surface area contributed by atoms with Crippen molar-refractivity contribution in [3.63, 3.8) is 0 Å². The Morgan fingerprint density at radius 3 is 2.69 bits per heavy atom. The van der Waals surface area contributed by atoms with Gasteiger partial charge in [-0.1, -0.05) is 30.3 Å². The van der Waals surface area contributed by atoms with E-state index in [2.05, 4.69) is 11.2 Å². The van der Waals surface area contributed by atoms with Crippen molar-refractivity contribution >= 4 is 11.7 Å². The van der Waals surface area contributed by atoms with E-state index in [-0.39, 0.29) is 0 Å². The first-order chi connectivity index (χ1) is 12.7. The van der Waals surface area contributed by atoms with Gasteiger partial charge in [0.2, 0.25) is 0 Å². The summed E-state index contributed by atoms with van der Waals surface area (Å²) in [6.07, 6.45) is 3.44. The fourth-order valence-corrected chi connectivity index (χ4v) is 3.51. The Morgan fingerprint density at radius 1 is 1.15 bits per heavy atom. The van der Waals surface area contributed by atoms with Crippen LogP contribution in [-0.2, 0) is 11.3 Å². The summed E-state index contributed by atoms with van der Waals surface area (Å²) >= 11 is 0. The van der Waals surface area contributed by atoms with Crippen molar-refractivity contribution in [2.45, 2.75) is 12.5 Å². The summed E-state index contributed by atoms with van der Waals surface area (Å²) in [5, 5.41) is 23.7. The number of nitrogens with zero attached hydrogens (tertiary/aromatic N) is 4. The average molecular weight is 344 g/mol. The van der Waals surface area contributed by atoms with E-state index in [0.717, 1.165) is 16.8 Å². The maximum absolute atomic E-state index is 11.8. The molecule has 128 valence electrons. The van der Waals surface area contributed by atoms with Gasteiger partial charge in [0.25, 0.3) is 0 Å². The molecule has 0 amide bonds. The van der Waals surface area contributed by atoms with Gasteiger partial charge in [-0.15, -0.1) is 0 Å². The van der Waals surface area contributed by atoms with E-state index in [9.17, 15) is 15.2 Å². The molecule has 6 heteroatoms. The van der Waals surface area contributed by atoms with Crippen molar-refractivity contribution in [1.82, 2.24) is 9.78 Å². The number of aromatic nitrogens is 2. The summed E-state index contributed by atoms with van der Waals surface area (Å²) < 4.78 is 1.65. The van der Waals surface area contributed by atoms with E-state index in [1.807, 2.05) is 47.4 Å². The molecule has 0 radical (unpaired) electrons. The number of carbonyl (C=O) groups is 1. The minimum Gasteiger partial charge on any atom is -0.481 e. The minimum atomic E-state index is -0.858. The summed E-state index contributed by atoms with van der Waals surface area (Å²) in [6, 6.07) is 17.2. The van der Waals surface area contributed by atoms with Crippen LogP contribution in [0, 0.1) is 11.3 Å². The van der Waals surface area contributed by atoms with Crippen molar-refractivity contribution in [2.24, 2.45) is 0 Å². The lowest BCUT2D eigenvalue weighted by molar-refractivity contribution is -0.138. The van der Waals surface area contributed by atoms with Crippen molar-refractivity contribution in [1.29, 1.82) is 5.26 Å². The molecule has 3 aromatic rings. The molecule has 0 fully saturated rings. The second kappa shape index (κ2) is 6.37. The Labute approximate surface area is 150 Å². The predicted molar refractivity (Wildman–Crippen MR) is 96.1 cm³/mol. The van der Waals surface area contributed by atoms with Crippen molar-refractivity contribution in [3.8, 4) is 11.8 Å². The number of hydrogen-bond acceptors (Lipinski definition) is 4. The van der Waals surface area contributed by atoms with Crippen LogP contribution in [0.5, 0.6) is 0 Å². The van der Waals surface area contributed by atoms with E-state index in [0.29, 0.717) is 24.3 Å². The number of carboxylic acid groups (broad SMARTS) is 1. The fourth-order valence-electron chi connectivity index (χ4n) is 3.51. The van der Waals surface area contributed by atoms with Crippen LogP contribution in [0.25, 0.3) is 5.69 Å². The van der Waals surface area contributed by atoms with E-state index in [4.69, 9.17) is 0 Å². The molecule has 26 heavy (non-hydrogen) atoms. The fraction of sp³-hybridized carbons (Fsp3) is 0.150. The zero-order chi connectivity index (χ0) is 18.1. The zero-order valence-electron chi connectivity index (χ0n) is 13.9. The molecule has 1 unspecified atom stereocenters. The normalized spacial score (nSPS) is 16.0. The summed E-state index contributed by atoms with van der Waals surface area (Å²) in [7, 11) is 0. The number of aliphatic carboxylic acids is 1. The molecule has 1 N–H and O–H groups in total. The maximum Gasteiger partial charge on any atom is 0.312 e. The molecular formula is C20H16N4O2. The van der Waals surface area contributed by atoms with Gasteiger partial charge in [-0.2, -0.15) is 10.4 Å². The molecule has 1 atom stereocenters. The maximum atomic E-state index is 11.8. The van der Waals surface area contributed by atoms with Gasteiger partial charge >= 0.3 is 5.97 Å². The number of rotatable bonds is 3. The smallest absolute Gasteiger partial charge is 0.312 e. The molecule has 0 aliphatic carbocycles. The predicted octanol–water partition coefficient (Wildman–Crippen LogP) is 2.93. The zero-order valence-corrected chi connectivity index (χ0v) is 13.9. The van der Waals surface area contributed by atoms with Crippen molar-refractivity contribution in [3.05, 3.63) is 77.6 Å². The third kappa shape index (κ3) is 2.60. The first kappa shape index (κ1) is 15.9. The SMILES string of the molecule is N#Cc1c(N2Cc3ccccc3C(C(=O)O)C2)cccc1-n1cccn1. The van der Waals surface area contributed by atoms with Crippen LogP contribution in [0.3, 0.4) is 0 Å². The number of hydrogen-bond donors (Lipinski definition) is 1. The van der Waals surface area contributed by atoms with Crippen molar-refractivity contribution in [2.75, 3.05) is 11.4 Å². The largest absolute Gasteiger partial charge is 0.481 e. The number of nitriles is 1. The van der Waals surface area contributed by atoms with Gasteiger partial charge in [0.05, 0.1) is 17.3 Å². The van der Waals surface area contributed by atoms with Gasteiger partial charge in [-0.25, -0.2) is 4.68 Å². The van der Waals surface area contributed by atoms with Crippen LogP contribution in [0.4, 0.5) is 5.69 Å². The first-order valence-electron chi connectivity index (χ1n) is 8.27. The summed E-state index contributed by atoms with van der Waals surface area (Å²) in [6.45, 7) is 0.890. The van der Waals surface area contributed by atoms with Crippen LogP contribution in [-0.4, -0.2) is 27.4 Å². The molecule has 2 heterocycles. The van der Waals surface area contributed by atoms with E-state index in [1.54, 1.807) is 23.1 Å². The summed E-state index contributed by atoms with van der Waals surface area (Å²) in [5.41, 5.74) is 3.71. The minimum absolute atomic E-state index is 0.323. The van der Waals surface area contributed by atoms with E-state index < -0.39 is 11.9 Å². The monoisotopic (exact) mass is 344 g/mol. The quantitative estimate of drug-likeness (QED) is 0.790. The van der Waals surface area contributed by atoms with Crippen LogP contribution in [0.2, 0.25) is 0 Å². The molecule has 0 bridgehead atoms. The Bertz CT molecular complexity index is 1000. The number of anilines is 1. The molecule has 0 saturated heterocycles. The number of carboxylic acids is 1. The first-order valence-corrected chi connectivity index (χ1v) is 8.27. The Balaban J connectivity index is 1.81. The molecule has 0 spiro atoms. The lowest BCUT2D eigenvalue weighted by Crippen LogP contribution is -2.37. The molecule has 4 rings (SSSR count). The summed E-state index contributed by atoms with van der Waals surface area (Å²) in [4.78, 5) is 13.8. The van der Waals surface area contributed by atoms with Gasteiger partial charge < -0.3 is 10.0 Å². The van der Waals surface area contributed by atoms with Gasteiger partial charge in [0.15, 0.2) is 0 Å². The molecule has 1 aliphatic rings. The lowest BCUT2D eigenvalue weighted by atomic mass is 9.89. The van der Waals surface area contributed by atoms with Crippen LogP contribution < -0.4 is 4.90 Å². The van der Waals surface area contributed by atoms with Gasteiger partial charge in [-0.05, 0) is 29.3 Å². The molecule has 6 nitrogen and oxygen atoms in total. The topological polar surface area (TPSA) is 82.1 Å². The lowest BCUT2D eigenvalue weighted by Gasteiger charge is -2.35. The van der Waals surface area contributed by atoms with Gasteiger partial charge in [-0.3, -0.25) is 4.79 Å². The van der Waals surface area contributed by atoms with E-state index in [1.165, 1.54) is 0 Å². The highest BCUT2D eigenvalue weighted by molar-refractivity contribution is 5.79. The summed E-state index contributed by atoms with van der Waals surface area (Å²) in [5.74, 6) is -1.48. The number of fused-ring (bicyclic) bond motifs is 1. The second-order valence-electron chi connectivity index (χ2n) is 6.20. The van der Waals surface area contributed by atoms with Crippen LogP contribution in [0.15, 0.2) is 60.9 Å². The van der Waals surface area contributed by atoms with Crippen LogP contribution in [0.1, 0.15) is 22.6 Å². The Hall–Kier alpha value is -3.59. The molecule has 1 aliphatic heterocycles. The third-order valence-corrected chi connectivity index (χ3v) is 4.72. The number of benzene rings is 2. The third-order valence-electron chi connectivity index (χ3n) is 4.72. The molecule has 0 saturated carbocycles. The highest BCUT2D eigenvalue weighted by Crippen LogP contribution is 2.34. The van der Waals surface area contributed by atoms with Crippen LogP contribution >= 0.6 is 0 Å². The Morgan fingerprint density at radius 2 is 1.96 bits per heavy atom. The second-order valence-corrected chi connectivity index (χ2v) is 6.20. The average Bonchev–Trinajstić information content (AvgIpc) is 3.21. The highest BCUT2D eigenvalue weighted by Gasteiger charge is 2.31. The Kier molecular flexibility index (Phi) is 3.90. The van der Waals surface area contributed by atoms with E-state index >= 15 is 0 Å². The molecule has 1 aromatic heterocycles. The van der Waals surface area contributed by atoms with Crippen molar-refractivity contribution < 1.29 is 9.90 Å². The van der Waals surface area contributed by atoms with Gasteiger partial charge in [0, 0.05) is 25.5 Å². The molecule has 2 aromatic carbocycles. The van der Waals surface area contributed by atoms with Gasteiger partial charge in [0.1, 0.15) is 11.6 Å². The molecular weight excluding hydrogens is 328 g/mol. The standard InChI is InChI=1S/C20H16N4O2/c21-11-16-18(7-3-8-19(16)24-10-4-9-22-24)23-12-14-5-1-2-6-15(14)17(13-23)20(25)26/h1-10,17H,12-13H2,(H,25,26).